The fraction of sp³-hybridized carbons (Fsp3) is 0.609. The molecule has 8 heteroatoms. The topological polar surface area (TPSA) is 99.8 Å². The van der Waals surface area contributed by atoms with Crippen molar-refractivity contribution in [3.63, 3.8) is 0 Å². The maximum atomic E-state index is 12.8. The molecule has 3 amide bonds. The van der Waals surface area contributed by atoms with Gasteiger partial charge in [0.2, 0.25) is 11.8 Å². The molecule has 3 heterocycles. The van der Waals surface area contributed by atoms with Crippen LogP contribution < -0.4 is 16.0 Å². The average molecular weight is 427 g/mol. The highest BCUT2D eigenvalue weighted by Gasteiger charge is 2.39. The molecule has 0 aromatic heterocycles. The predicted molar refractivity (Wildman–Crippen MR) is 113 cm³/mol. The monoisotopic (exact) mass is 426 g/mol. The SMILES string of the molecule is O=C1CCC(N2Cc3cc(CNC4CCC5(CC4)CNCCO5)ccc3C2=O)C(=O)N1. The van der Waals surface area contributed by atoms with E-state index in [1.54, 1.807) is 4.90 Å². The van der Waals surface area contributed by atoms with E-state index in [1.807, 2.05) is 12.1 Å². The zero-order valence-corrected chi connectivity index (χ0v) is 17.7. The molecule has 3 N–H and O–H groups in total. The molecular formula is C23H30N4O4. The van der Waals surface area contributed by atoms with Crippen LogP contribution in [-0.4, -0.2) is 60.0 Å². The number of nitrogens with one attached hydrogen (secondary N) is 3. The van der Waals surface area contributed by atoms with Crippen molar-refractivity contribution in [2.24, 2.45) is 0 Å². The van der Waals surface area contributed by atoms with Crippen molar-refractivity contribution in [3.05, 3.63) is 34.9 Å². The summed E-state index contributed by atoms with van der Waals surface area (Å²) in [6.07, 6.45) is 5.04. The number of nitrogens with zero attached hydrogens (tertiary/aromatic N) is 1. The van der Waals surface area contributed by atoms with Gasteiger partial charge in [-0.1, -0.05) is 12.1 Å². The number of ether oxygens (including phenoxy) is 1. The van der Waals surface area contributed by atoms with Gasteiger partial charge in [-0.05, 0) is 49.3 Å². The second kappa shape index (κ2) is 8.33. The number of carbonyl (C=O) groups is 3. The van der Waals surface area contributed by atoms with Gasteiger partial charge in [0, 0.05) is 44.2 Å². The van der Waals surface area contributed by atoms with Crippen LogP contribution in [0.3, 0.4) is 0 Å². The van der Waals surface area contributed by atoms with Crippen molar-refractivity contribution < 1.29 is 19.1 Å². The summed E-state index contributed by atoms with van der Waals surface area (Å²) in [4.78, 5) is 38.0. The molecule has 3 aliphatic heterocycles. The van der Waals surface area contributed by atoms with Crippen molar-refractivity contribution >= 4 is 17.7 Å². The predicted octanol–water partition coefficient (Wildman–Crippen LogP) is 0.838. The highest BCUT2D eigenvalue weighted by molar-refractivity contribution is 6.05. The third-order valence-corrected chi connectivity index (χ3v) is 7.21. The number of hydrogen-bond acceptors (Lipinski definition) is 6. The molecule has 0 radical (unpaired) electrons. The molecule has 166 valence electrons. The van der Waals surface area contributed by atoms with E-state index in [0.29, 0.717) is 24.6 Å². The minimum Gasteiger partial charge on any atom is -0.372 e. The van der Waals surface area contributed by atoms with Gasteiger partial charge in [-0.2, -0.15) is 0 Å². The Balaban J connectivity index is 1.17. The van der Waals surface area contributed by atoms with Crippen molar-refractivity contribution in [1.29, 1.82) is 0 Å². The van der Waals surface area contributed by atoms with Gasteiger partial charge in [-0.15, -0.1) is 0 Å². The Kier molecular flexibility index (Phi) is 5.54. The first kappa shape index (κ1) is 20.6. The summed E-state index contributed by atoms with van der Waals surface area (Å²) < 4.78 is 6.08. The number of fused-ring (bicyclic) bond motifs is 1. The molecule has 1 aromatic carbocycles. The third kappa shape index (κ3) is 4.12. The van der Waals surface area contributed by atoms with Crippen molar-refractivity contribution in [3.8, 4) is 0 Å². The van der Waals surface area contributed by atoms with Crippen LogP contribution in [0.25, 0.3) is 0 Å². The second-order valence-corrected chi connectivity index (χ2v) is 9.25. The fourth-order valence-electron chi connectivity index (χ4n) is 5.38. The van der Waals surface area contributed by atoms with Gasteiger partial charge in [-0.25, -0.2) is 0 Å². The molecule has 1 aromatic rings. The number of piperidine rings is 1. The van der Waals surface area contributed by atoms with Crippen LogP contribution in [0.15, 0.2) is 18.2 Å². The van der Waals surface area contributed by atoms with E-state index >= 15 is 0 Å². The molecular weight excluding hydrogens is 396 g/mol. The van der Waals surface area contributed by atoms with Crippen molar-refractivity contribution in [1.82, 2.24) is 20.9 Å². The summed E-state index contributed by atoms with van der Waals surface area (Å²) in [5.74, 6) is -0.757. The number of amides is 3. The van der Waals surface area contributed by atoms with E-state index in [1.165, 1.54) is 0 Å². The highest BCUT2D eigenvalue weighted by atomic mass is 16.5. The summed E-state index contributed by atoms with van der Waals surface area (Å²) in [5.41, 5.74) is 2.80. The fourth-order valence-corrected chi connectivity index (χ4v) is 5.38. The zero-order valence-electron chi connectivity index (χ0n) is 17.7. The minimum atomic E-state index is -0.565. The third-order valence-electron chi connectivity index (χ3n) is 7.21. The van der Waals surface area contributed by atoms with Crippen LogP contribution >= 0.6 is 0 Å². The summed E-state index contributed by atoms with van der Waals surface area (Å²) in [6.45, 7) is 3.90. The van der Waals surface area contributed by atoms with Gasteiger partial charge in [-0.3, -0.25) is 19.7 Å². The van der Waals surface area contributed by atoms with Gasteiger partial charge < -0.3 is 20.3 Å². The first-order valence-corrected chi connectivity index (χ1v) is 11.4. The molecule has 8 nitrogen and oxygen atoms in total. The standard InChI is InChI=1S/C23H30N4O4/c28-20-4-3-19(21(29)26-20)27-13-16-11-15(1-2-18(16)22(27)30)12-25-17-5-7-23(8-6-17)14-24-9-10-31-23/h1-2,11,17,19,24-25H,3-10,12-14H2,(H,26,28,29). The molecule has 31 heavy (non-hydrogen) atoms. The molecule has 1 aliphatic carbocycles. The van der Waals surface area contributed by atoms with Crippen LogP contribution in [-0.2, 0) is 27.4 Å². The van der Waals surface area contributed by atoms with E-state index in [9.17, 15) is 14.4 Å². The lowest BCUT2D eigenvalue weighted by molar-refractivity contribution is -0.136. The number of carbonyl (C=O) groups excluding carboxylic acids is 3. The number of benzene rings is 1. The lowest BCUT2D eigenvalue weighted by Crippen LogP contribution is -2.53. The Bertz CT molecular complexity index is 886. The summed E-state index contributed by atoms with van der Waals surface area (Å²) >= 11 is 0. The van der Waals surface area contributed by atoms with E-state index in [2.05, 4.69) is 22.0 Å². The Labute approximate surface area is 182 Å². The quantitative estimate of drug-likeness (QED) is 0.617. The molecule has 1 spiro atoms. The van der Waals surface area contributed by atoms with Crippen LogP contribution in [0.2, 0.25) is 0 Å². The largest absolute Gasteiger partial charge is 0.372 e. The summed E-state index contributed by atoms with van der Waals surface area (Å²) in [5, 5.41) is 9.48. The lowest BCUT2D eigenvalue weighted by Gasteiger charge is -2.43. The Morgan fingerprint density at radius 3 is 2.74 bits per heavy atom. The van der Waals surface area contributed by atoms with Gasteiger partial charge in [0.15, 0.2) is 0 Å². The van der Waals surface area contributed by atoms with Crippen LogP contribution in [0, 0.1) is 0 Å². The number of hydrogen-bond donors (Lipinski definition) is 3. The van der Waals surface area contributed by atoms with Crippen molar-refractivity contribution in [2.75, 3.05) is 19.7 Å². The molecule has 1 saturated carbocycles. The van der Waals surface area contributed by atoms with E-state index in [-0.39, 0.29) is 29.7 Å². The maximum absolute atomic E-state index is 12.8. The summed E-state index contributed by atoms with van der Waals surface area (Å²) in [7, 11) is 0. The van der Waals surface area contributed by atoms with Crippen LogP contribution in [0.4, 0.5) is 0 Å². The second-order valence-electron chi connectivity index (χ2n) is 9.25. The first-order valence-electron chi connectivity index (χ1n) is 11.4. The van der Waals surface area contributed by atoms with Gasteiger partial charge in [0.1, 0.15) is 6.04 Å². The maximum Gasteiger partial charge on any atom is 0.255 e. The lowest BCUT2D eigenvalue weighted by atomic mass is 9.81. The Morgan fingerprint density at radius 1 is 1.16 bits per heavy atom. The van der Waals surface area contributed by atoms with Gasteiger partial charge in [0.25, 0.3) is 5.91 Å². The Morgan fingerprint density at radius 2 is 2.00 bits per heavy atom. The molecule has 1 atom stereocenters. The first-order chi connectivity index (χ1) is 15.0. The zero-order chi connectivity index (χ0) is 21.4. The number of imide groups is 1. The molecule has 0 bridgehead atoms. The molecule has 3 fully saturated rings. The molecule has 5 rings (SSSR count). The molecule has 1 unspecified atom stereocenters. The number of morpholine rings is 1. The normalized spacial score (nSPS) is 31.1. The van der Waals surface area contributed by atoms with Gasteiger partial charge in [0.05, 0.1) is 12.2 Å². The highest BCUT2D eigenvalue weighted by Crippen LogP contribution is 2.33. The minimum absolute atomic E-state index is 0.0316. The van der Waals surface area contributed by atoms with Crippen molar-refractivity contribution in [2.45, 2.75) is 69.3 Å². The summed E-state index contributed by atoms with van der Waals surface area (Å²) in [6, 6.07) is 5.86. The van der Waals surface area contributed by atoms with E-state index in [4.69, 9.17) is 4.74 Å². The molecule has 4 aliphatic rings. The molecule has 2 saturated heterocycles. The van der Waals surface area contributed by atoms with Crippen LogP contribution in [0.1, 0.15) is 60.0 Å². The van der Waals surface area contributed by atoms with Crippen LogP contribution in [0.5, 0.6) is 0 Å². The van der Waals surface area contributed by atoms with Gasteiger partial charge >= 0.3 is 0 Å². The smallest absolute Gasteiger partial charge is 0.255 e. The number of rotatable bonds is 4. The Hall–Kier alpha value is -2.29. The van der Waals surface area contributed by atoms with E-state index < -0.39 is 6.04 Å². The average Bonchev–Trinajstić information content (AvgIpc) is 3.10. The van der Waals surface area contributed by atoms with E-state index in [0.717, 1.165) is 63.1 Å².